The molecule has 1 aromatic rings. The van der Waals surface area contributed by atoms with Gasteiger partial charge in [0.15, 0.2) is 0 Å². The van der Waals surface area contributed by atoms with Gasteiger partial charge in [-0.2, -0.15) is 0 Å². The van der Waals surface area contributed by atoms with Crippen LogP contribution in [0.3, 0.4) is 0 Å². The summed E-state index contributed by atoms with van der Waals surface area (Å²) in [5.74, 6) is 0.144. The number of benzene rings is 1. The molecule has 2 fully saturated rings. The number of methoxy groups -OCH3 is 1. The minimum Gasteiger partial charge on any atom is -0.380 e. The molecular formula is C17H25N3O2. The third-order valence-electron chi connectivity index (χ3n) is 4.67. The van der Waals surface area contributed by atoms with Crippen LogP contribution in [0.25, 0.3) is 0 Å². The van der Waals surface area contributed by atoms with Gasteiger partial charge in [0.2, 0.25) is 0 Å². The van der Waals surface area contributed by atoms with E-state index in [2.05, 4.69) is 10.2 Å². The van der Waals surface area contributed by atoms with E-state index in [1.165, 1.54) is 0 Å². The van der Waals surface area contributed by atoms with Crippen molar-refractivity contribution in [2.75, 3.05) is 46.4 Å². The van der Waals surface area contributed by atoms with Gasteiger partial charge in [0.1, 0.15) is 0 Å². The van der Waals surface area contributed by atoms with Crippen molar-refractivity contribution in [2.24, 2.45) is 0 Å². The Balaban J connectivity index is 1.66. The van der Waals surface area contributed by atoms with Crippen LogP contribution in [0.4, 0.5) is 0 Å². The van der Waals surface area contributed by atoms with Gasteiger partial charge in [-0.1, -0.05) is 18.2 Å². The fraction of sp³-hybridized carbons (Fsp3) is 0.588. The number of amides is 1. The minimum atomic E-state index is 0.144. The van der Waals surface area contributed by atoms with E-state index < -0.39 is 0 Å². The number of carbonyl (C=O) groups excluding carboxylic acids is 1. The molecule has 120 valence electrons. The lowest BCUT2D eigenvalue weighted by atomic mass is 10.1. The second-order valence-corrected chi connectivity index (χ2v) is 6.07. The highest BCUT2D eigenvalue weighted by Gasteiger charge is 2.31. The standard InChI is InChI=1S/C17H25N3O2/c1-22-13-14-4-2-3-5-16(14)17(21)20-9-6-15(12-20)19-10-7-18-8-11-19/h2-5,15,18H,6-13H2,1H3. The lowest BCUT2D eigenvalue weighted by Crippen LogP contribution is -2.49. The van der Waals surface area contributed by atoms with Gasteiger partial charge in [0.05, 0.1) is 6.61 Å². The lowest BCUT2D eigenvalue weighted by molar-refractivity contribution is 0.0768. The molecule has 2 saturated heterocycles. The smallest absolute Gasteiger partial charge is 0.254 e. The molecule has 0 aromatic heterocycles. The summed E-state index contributed by atoms with van der Waals surface area (Å²) in [5.41, 5.74) is 1.76. The summed E-state index contributed by atoms with van der Waals surface area (Å²) >= 11 is 0. The van der Waals surface area contributed by atoms with Crippen LogP contribution in [0, 0.1) is 0 Å². The first-order chi connectivity index (χ1) is 10.8. The van der Waals surface area contributed by atoms with E-state index in [0.29, 0.717) is 12.6 Å². The molecule has 0 radical (unpaired) electrons. The summed E-state index contributed by atoms with van der Waals surface area (Å²) in [6, 6.07) is 8.28. The number of nitrogens with one attached hydrogen (secondary N) is 1. The van der Waals surface area contributed by atoms with Crippen molar-refractivity contribution >= 4 is 5.91 Å². The van der Waals surface area contributed by atoms with Gasteiger partial charge < -0.3 is 15.0 Å². The SMILES string of the molecule is COCc1ccccc1C(=O)N1CCC(N2CCNCC2)C1. The van der Waals surface area contributed by atoms with E-state index in [1.807, 2.05) is 29.2 Å². The summed E-state index contributed by atoms with van der Waals surface area (Å²) in [4.78, 5) is 17.3. The van der Waals surface area contributed by atoms with E-state index >= 15 is 0 Å². The number of rotatable bonds is 4. The highest BCUT2D eigenvalue weighted by molar-refractivity contribution is 5.95. The minimum absolute atomic E-state index is 0.144. The van der Waals surface area contributed by atoms with Gasteiger partial charge in [-0.3, -0.25) is 9.69 Å². The third-order valence-corrected chi connectivity index (χ3v) is 4.67. The molecule has 1 N–H and O–H groups in total. The maximum Gasteiger partial charge on any atom is 0.254 e. The molecule has 5 heteroatoms. The average Bonchev–Trinajstić information content (AvgIpc) is 3.06. The number of likely N-dealkylation sites (tertiary alicyclic amines) is 1. The Bertz CT molecular complexity index is 514. The lowest BCUT2D eigenvalue weighted by Gasteiger charge is -2.32. The molecule has 1 unspecified atom stereocenters. The number of ether oxygens (including phenoxy) is 1. The van der Waals surface area contributed by atoms with E-state index in [4.69, 9.17) is 4.74 Å². The fourth-order valence-corrected chi connectivity index (χ4v) is 3.45. The number of nitrogens with zero attached hydrogens (tertiary/aromatic N) is 2. The first-order valence-electron chi connectivity index (χ1n) is 8.10. The number of hydrogen-bond donors (Lipinski definition) is 1. The van der Waals surface area contributed by atoms with Crippen LogP contribution in [0.5, 0.6) is 0 Å². The zero-order valence-electron chi connectivity index (χ0n) is 13.3. The molecule has 2 aliphatic heterocycles. The fourth-order valence-electron chi connectivity index (χ4n) is 3.45. The molecule has 3 rings (SSSR count). The molecule has 2 heterocycles. The molecule has 0 spiro atoms. The predicted octanol–water partition coefficient (Wildman–Crippen LogP) is 0.953. The van der Waals surface area contributed by atoms with Gasteiger partial charge in [-0.05, 0) is 18.1 Å². The van der Waals surface area contributed by atoms with Crippen molar-refractivity contribution in [3.63, 3.8) is 0 Å². The zero-order chi connectivity index (χ0) is 15.4. The summed E-state index contributed by atoms with van der Waals surface area (Å²) < 4.78 is 5.21. The molecule has 5 nitrogen and oxygen atoms in total. The Morgan fingerprint density at radius 3 is 2.82 bits per heavy atom. The zero-order valence-corrected chi connectivity index (χ0v) is 13.3. The second kappa shape index (κ2) is 7.22. The molecule has 2 aliphatic rings. The van der Waals surface area contributed by atoms with Crippen LogP contribution < -0.4 is 5.32 Å². The van der Waals surface area contributed by atoms with Crippen molar-refractivity contribution in [1.82, 2.24) is 15.1 Å². The first kappa shape index (κ1) is 15.5. The van der Waals surface area contributed by atoms with E-state index in [1.54, 1.807) is 7.11 Å². The molecule has 1 aromatic carbocycles. The molecule has 0 bridgehead atoms. The van der Waals surface area contributed by atoms with Crippen LogP contribution >= 0.6 is 0 Å². The van der Waals surface area contributed by atoms with Gasteiger partial charge in [0.25, 0.3) is 5.91 Å². The maximum atomic E-state index is 12.8. The predicted molar refractivity (Wildman–Crippen MR) is 85.9 cm³/mol. The summed E-state index contributed by atoms with van der Waals surface area (Å²) in [6.45, 7) is 6.48. The van der Waals surface area contributed by atoms with Crippen LogP contribution in [-0.4, -0.2) is 68.1 Å². The van der Waals surface area contributed by atoms with Crippen molar-refractivity contribution in [2.45, 2.75) is 19.1 Å². The highest BCUT2D eigenvalue weighted by atomic mass is 16.5. The molecule has 1 amide bonds. The van der Waals surface area contributed by atoms with Crippen LogP contribution in [0.2, 0.25) is 0 Å². The Kier molecular flexibility index (Phi) is 5.08. The molecule has 0 aliphatic carbocycles. The van der Waals surface area contributed by atoms with E-state index in [-0.39, 0.29) is 5.91 Å². The largest absolute Gasteiger partial charge is 0.380 e. The van der Waals surface area contributed by atoms with Crippen molar-refractivity contribution in [1.29, 1.82) is 0 Å². The van der Waals surface area contributed by atoms with E-state index in [0.717, 1.165) is 56.8 Å². The average molecular weight is 303 g/mol. The summed E-state index contributed by atoms with van der Waals surface area (Å²) in [7, 11) is 1.66. The van der Waals surface area contributed by atoms with Crippen LogP contribution in [0.1, 0.15) is 22.3 Å². The van der Waals surface area contributed by atoms with Crippen molar-refractivity contribution in [3.8, 4) is 0 Å². The van der Waals surface area contributed by atoms with E-state index in [9.17, 15) is 4.79 Å². The first-order valence-corrected chi connectivity index (χ1v) is 8.10. The monoisotopic (exact) mass is 303 g/mol. The number of carbonyl (C=O) groups is 1. The normalized spacial score (nSPS) is 23.0. The molecule has 22 heavy (non-hydrogen) atoms. The summed E-state index contributed by atoms with van der Waals surface area (Å²) in [5, 5.41) is 3.38. The van der Waals surface area contributed by atoms with Crippen molar-refractivity contribution < 1.29 is 9.53 Å². The van der Waals surface area contributed by atoms with Crippen LogP contribution in [0.15, 0.2) is 24.3 Å². The number of piperazine rings is 1. The van der Waals surface area contributed by atoms with Crippen LogP contribution in [-0.2, 0) is 11.3 Å². The molecule has 1 atom stereocenters. The van der Waals surface area contributed by atoms with Crippen molar-refractivity contribution in [3.05, 3.63) is 35.4 Å². The second-order valence-electron chi connectivity index (χ2n) is 6.07. The van der Waals surface area contributed by atoms with Gasteiger partial charge in [-0.25, -0.2) is 0 Å². The van der Waals surface area contributed by atoms with Gasteiger partial charge in [0, 0.05) is 58.0 Å². The molecule has 0 saturated carbocycles. The number of hydrogen-bond acceptors (Lipinski definition) is 4. The Hall–Kier alpha value is -1.43. The quantitative estimate of drug-likeness (QED) is 0.900. The third kappa shape index (κ3) is 3.32. The van der Waals surface area contributed by atoms with Gasteiger partial charge in [-0.15, -0.1) is 0 Å². The van der Waals surface area contributed by atoms with Gasteiger partial charge >= 0.3 is 0 Å². The molecular weight excluding hydrogens is 278 g/mol. The Morgan fingerprint density at radius 1 is 1.27 bits per heavy atom. The topological polar surface area (TPSA) is 44.8 Å². The Labute approximate surface area is 132 Å². The summed E-state index contributed by atoms with van der Waals surface area (Å²) in [6.07, 6.45) is 1.08. The Morgan fingerprint density at radius 2 is 2.05 bits per heavy atom. The maximum absolute atomic E-state index is 12.8. The highest BCUT2D eigenvalue weighted by Crippen LogP contribution is 2.20.